The number of piperidine rings is 1. The lowest BCUT2D eigenvalue weighted by Gasteiger charge is -2.38. The number of benzene rings is 1. The predicted molar refractivity (Wildman–Crippen MR) is 123 cm³/mol. The Morgan fingerprint density at radius 2 is 1.97 bits per heavy atom. The molecule has 2 aliphatic rings. The van der Waals surface area contributed by atoms with Crippen molar-refractivity contribution in [2.45, 2.75) is 56.5 Å². The van der Waals surface area contributed by atoms with E-state index in [-0.39, 0.29) is 43.1 Å². The number of hydrogen-bond donors (Lipinski definition) is 0. The standard InChI is InChI=1S/C25H30N2O4S/c1-31-14-12-20-10-5-6-13-26(20)22(28)16-25(19-8-3-2-4-9-19)17-23(29)27(24(25)30)18-21-11-7-15-32-21/h2-4,7-9,11,15,20H,5-6,10,12-14,16-18H2,1H3/t20-,25+/m1/s1. The second kappa shape index (κ2) is 9.96. The summed E-state index contributed by atoms with van der Waals surface area (Å²) < 4.78 is 5.25. The Morgan fingerprint density at radius 3 is 2.69 bits per heavy atom. The third kappa shape index (κ3) is 4.50. The van der Waals surface area contributed by atoms with Gasteiger partial charge < -0.3 is 9.64 Å². The summed E-state index contributed by atoms with van der Waals surface area (Å²) in [7, 11) is 1.67. The van der Waals surface area contributed by atoms with Crippen LogP contribution in [-0.4, -0.2) is 53.8 Å². The van der Waals surface area contributed by atoms with E-state index in [4.69, 9.17) is 4.74 Å². The fraction of sp³-hybridized carbons (Fsp3) is 0.480. The molecule has 0 aliphatic carbocycles. The van der Waals surface area contributed by atoms with Gasteiger partial charge in [0.25, 0.3) is 0 Å². The van der Waals surface area contributed by atoms with Crippen molar-refractivity contribution in [2.24, 2.45) is 0 Å². The molecule has 0 bridgehead atoms. The molecule has 170 valence electrons. The van der Waals surface area contributed by atoms with Crippen LogP contribution in [0, 0.1) is 0 Å². The van der Waals surface area contributed by atoms with Crippen LogP contribution in [0.15, 0.2) is 47.8 Å². The maximum absolute atomic E-state index is 13.8. The van der Waals surface area contributed by atoms with E-state index in [1.54, 1.807) is 7.11 Å². The SMILES string of the molecule is COCC[C@H]1CCCCN1C(=O)C[C@@]1(c2ccccc2)CC(=O)N(Cc2cccs2)C1=O. The summed E-state index contributed by atoms with van der Waals surface area (Å²) in [5.41, 5.74) is -0.401. The molecule has 4 rings (SSSR count). The van der Waals surface area contributed by atoms with Crippen molar-refractivity contribution < 1.29 is 19.1 Å². The topological polar surface area (TPSA) is 66.9 Å². The van der Waals surface area contributed by atoms with Crippen molar-refractivity contribution in [3.05, 3.63) is 58.3 Å². The Kier molecular flexibility index (Phi) is 7.06. The highest BCUT2D eigenvalue weighted by molar-refractivity contribution is 7.09. The van der Waals surface area contributed by atoms with Gasteiger partial charge in [-0.05, 0) is 42.7 Å². The quantitative estimate of drug-likeness (QED) is 0.570. The molecule has 0 spiro atoms. The number of methoxy groups -OCH3 is 1. The predicted octanol–water partition coefficient (Wildman–Crippen LogP) is 3.75. The number of imide groups is 1. The van der Waals surface area contributed by atoms with Crippen LogP contribution in [0.25, 0.3) is 0 Å². The number of carbonyl (C=O) groups excluding carboxylic acids is 3. The molecule has 0 radical (unpaired) electrons. The van der Waals surface area contributed by atoms with Crippen LogP contribution >= 0.6 is 11.3 Å². The minimum atomic E-state index is -1.14. The van der Waals surface area contributed by atoms with E-state index in [0.29, 0.717) is 13.2 Å². The maximum Gasteiger partial charge on any atom is 0.241 e. The average Bonchev–Trinajstić information content (AvgIpc) is 3.41. The molecule has 1 aromatic heterocycles. The summed E-state index contributed by atoms with van der Waals surface area (Å²) in [6, 6.07) is 13.3. The van der Waals surface area contributed by atoms with Gasteiger partial charge in [-0.3, -0.25) is 19.3 Å². The third-order valence-electron chi connectivity index (χ3n) is 6.68. The molecule has 2 atom stereocenters. The van der Waals surface area contributed by atoms with E-state index in [1.807, 2.05) is 52.7 Å². The van der Waals surface area contributed by atoms with E-state index in [0.717, 1.165) is 36.1 Å². The zero-order valence-corrected chi connectivity index (χ0v) is 19.3. The van der Waals surface area contributed by atoms with E-state index in [2.05, 4.69) is 0 Å². The number of thiophene rings is 1. The van der Waals surface area contributed by atoms with Crippen molar-refractivity contribution in [3.8, 4) is 0 Å². The number of rotatable bonds is 8. The van der Waals surface area contributed by atoms with Crippen molar-refractivity contribution in [1.29, 1.82) is 0 Å². The first-order valence-corrected chi connectivity index (χ1v) is 12.1. The molecule has 32 heavy (non-hydrogen) atoms. The highest BCUT2D eigenvalue weighted by Crippen LogP contribution is 2.41. The zero-order chi connectivity index (χ0) is 22.6. The largest absolute Gasteiger partial charge is 0.385 e. The molecule has 2 saturated heterocycles. The fourth-order valence-electron chi connectivity index (χ4n) is 4.98. The van der Waals surface area contributed by atoms with Gasteiger partial charge in [0.1, 0.15) is 0 Å². The number of ether oxygens (including phenoxy) is 1. The Bertz CT molecular complexity index is 946. The van der Waals surface area contributed by atoms with Crippen LogP contribution in [-0.2, 0) is 31.1 Å². The van der Waals surface area contributed by atoms with Crippen LogP contribution < -0.4 is 0 Å². The van der Waals surface area contributed by atoms with Crippen LogP contribution in [0.2, 0.25) is 0 Å². The summed E-state index contributed by atoms with van der Waals surface area (Å²) in [4.78, 5) is 44.6. The highest BCUT2D eigenvalue weighted by atomic mass is 32.1. The molecule has 1 aromatic carbocycles. The summed E-state index contributed by atoms with van der Waals surface area (Å²) in [5, 5.41) is 1.94. The molecule has 0 N–H and O–H groups in total. The minimum absolute atomic E-state index is 0.0199. The monoisotopic (exact) mass is 454 g/mol. The smallest absolute Gasteiger partial charge is 0.241 e. The van der Waals surface area contributed by atoms with Crippen LogP contribution in [0.5, 0.6) is 0 Å². The Hall–Kier alpha value is -2.51. The molecule has 2 aliphatic heterocycles. The van der Waals surface area contributed by atoms with Gasteiger partial charge in [-0.25, -0.2) is 0 Å². The van der Waals surface area contributed by atoms with E-state index in [1.165, 1.54) is 16.2 Å². The van der Waals surface area contributed by atoms with Gasteiger partial charge in [-0.1, -0.05) is 36.4 Å². The van der Waals surface area contributed by atoms with Gasteiger partial charge in [0.05, 0.1) is 12.0 Å². The van der Waals surface area contributed by atoms with Crippen LogP contribution in [0.3, 0.4) is 0 Å². The highest BCUT2D eigenvalue weighted by Gasteiger charge is 2.54. The van der Waals surface area contributed by atoms with Gasteiger partial charge in [0, 0.05) is 44.0 Å². The summed E-state index contributed by atoms with van der Waals surface area (Å²) >= 11 is 1.52. The first-order chi connectivity index (χ1) is 15.5. The molecule has 0 saturated carbocycles. The Labute approximate surface area is 193 Å². The van der Waals surface area contributed by atoms with E-state index < -0.39 is 5.41 Å². The molecule has 2 aromatic rings. The lowest BCUT2D eigenvalue weighted by atomic mass is 9.75. The van der Waals surface area contributed by atoms with Crippen LogP contribution in [0.4, 0.5) is 0 Å². The summed E-state index contributed by atoms with van der Waals surface area (Å²) in [6.07, 6.45) is 3.84. The number of amides is 3. The van der Waals surface area contributed by atoms with E-state index >= 15 is 0 Å². The van der Waals surface area contributed by atoms with Crippen molar-refractivity contribution in [2.75, 3.05) is 20.3 Å². The second-order valence-corrected chi connectivity index (χ2v) is 9.72. The zero-order valence-electron chi connectivity index (χ0n) is 18.5. The number of nitrogens with zero attached hydrogens (tertiary/aromatic N) is 2. The lowest BCUT2D eigenvalue weighted by Crippen LogP contribution is -2.48. The summed E-state index contributed by atoms with van der Waals surface area (Å²) in [5.74, 6) is -0.524. The molecule has 0 unspecified atom stereocenters. The van der Waals surface area contributed by atoms with Crippen LogP contribution in [0.1, 0.15) is 49.0 Å². The fourth-order valence-corrected chi connectivity index (χ4v) is 5.68. The van der Waals surface area contributed by atoms with Crippen molar-refractivity contribution >= 4 is 29.1 Å². The average molecular weight is 455 g/mol. The Morgan fingerprint density at radius 1 is 1.16 bits per heavy atom. The molecule has 6 nitrogen and oxygen atoms in total. The normalized spacial score (nSPS) is 23.7. The van der Waals surface area contributed by atoms with Crippen molar-refractivity contribution in [3.63, 3.8) is 0 Å². The molecule has 3 amide bonds. The number of likely N-dealkylation sites (tertiary alicyclic amines) is 2. The van der Waals surface area contributed by atoms with Gasteiger partial charge in [0.15, 0.2) is 0 Å². The van der Waals surface area contributed by atoms with Gasteiger partial charge in [0.2, 0.25) is 17.7 Å². The molecule has 3 heterocycles. The van der Waals surface area contributed by atoms with Gasteiger partial charge >= 0.3 is 0 Å². The molecule has 2 fully saturated rings. The molecule has 7 heteroatoms. The molecular weight excluding hydrogens is 424 g/mol. The van der Waals surface area contributed by atoms with Gasteiger partial charge in [-0.15, -0.1) is 11.3 Å². The minimum Gasteiger partial charge on any atom is -0.385 e. The Balaban J connectivity index is 1.62. The lowest BCUT2D eigenvalue weighted by molar-refractivity contribution is -0.144. The number of hydrogen-bond acceptors (Lipinski definition) is 5. The first kappa shape index (κ1) is 22.7. The molecular formula is C25H30N2O4S. The summed E-state index contributed by atoms with van der Waals surface area (Å²) in [6.45, 7) is 1.56. The van der Waals surface area contributed by atoms with E-state index in [9.17, 15) is 14.4 Å². The van der Waals surface area contributed by atoms with Crippen molar-refractivity contribution in [1.82, 2.24) is 9.80 Å². The maximum atomic E-state index is 13.8. The third-order valence-corrected chi connectivity index (χ3v) is 7.55. The van der Waals surface area contributed by atoms with Gasteiger partial charge in [-0.2, -0.15) is 0 Å². The first-order valence-electron chi connectivity index (χ1n) is 11.3. The second-order valence-electron chi connectivity index (χ2n) is 8.68. The number of carbonyl (C=O) groups is 3.